The smallest absolute Gasteiger partial charge is 0.226 e. The number of halogens is 1. The van der Waals surface area contributed by atoms with E-state index in [0.29, 0.717) is 42.6 Å². The Morgan fingerprint density at radius 2 is 2.07 bits per heavy atom. The molecule has 2 aromatic rings. The third-order valence-electron chi connectivity index (χ3n) is 5.50. The number of nitrogens with one attached hydrogen (secondary N) is 1. The minimum Gasteiger partial charge on any atom is -0.356 e. The number of benzene rings is 1. The first kappa shape index (κ1) is 21.4. The van der Waals surface area contributed by atoms with Gasteiger partial charge in [-0.15, -0.1) is 0 Å². The van der Waals surface area contributed by atoms with Gasteiger partial charge in [-0.2, -0.15) is 4.98 Å². The molecular formula is C22H31FN4O2. The summed E-state index contributed by atoms with van der Waals surface area (Å²) >= 11 is 0. The van der Waals surface area contributed by atoms with Crippen molar-refractivity contribution in [2.75, 3.05) is 19.6 Å². The highest BCUT2D eigenvalue weighted by Gasteiger charge is 2.17. The molecular weight excluding hydrogens is 371 g/mol. The van der Waals surface area contributed by atoms with Crippen molar-refractivity contribution in [2.45, 2.75) is 64.3 Å². The average molecular weight is 403 g/mol. The Morgan fingerprint density at radius 3 is 2.86 bits per heavy atom. The molecule has 1 aromatic carbocycles. The number of hydrogen-bond acceptors (Lipinski definition) is 5. The number of aromatic nitrogens is 2. The molecule has 158 valence electrons. The SMILES string of the molecule is CC1CCCCN1CCCCNC(=O)CCCc1nc(-c2ccc(F)cc2)no1. The van der Waals surface area contributed by atoms with Gasteiger partial charge < -0.3 is 14.7 Å². The highest BCUT2D eigenvalue weighted by atomic mass is 19.1. The lowest BCUT2D eigenvalue weighted by Gasteiger charge is -2.33. The van der Waals surface area contributed by atoms with Gasteiger partial charge in [0.1, 0.15) is 5.82 Å². The van der Waals surface area contributed by atoms with E-state index in [1.165, 1.54) is 37.9 Å². The summed E-state index contributed by atoms with van der Waals surface area (Å²) in [7, 11) is 0. The lowest BCUT2D eigenvalue weighted by molar-refractivity contribution is -0.121. The minimum absolute atomic E-state index is 0.0645. The summed E-state index contributed by atoms with van der Waals surface area (Å²) in [6.45, 7) is 5.39. The van der Waals surface area contributed by atoms with E-state index in [4.69, 9.17) is 4.52 Å². The van der Waals surface area contributed by atoms with Crippen LogP contribution in [0.15, 0.2) is 28.8 Å². The van der Waals surface area contributed by atoms with Crippen LogP contribution in [0.1, 0.15) is 57.8 Å². The van der Waals surface area contributed by atoms with E-state index >= 15 is 0 Å². The summed E-state index contributed by atoms with van der Waals surface area (Å²) in [5.74, 6) is 0.694. The van der Waals surface area contributed by atoms with Gasteiger partial charge in [0.25, 0.3) is 0 Å². The lowest BCUT2D eigenvalue weighted by atomic mass is 10.0. The van der Waals surface area contributed by atoms with Gasteiger partial charge in [0.2, 0.25) is 17.6 Å². The largest absolute Gasteiger partial charge is 0.356 e. The molecule has 0 radical (unpaired) electrons. The Balaban J connectivity index is 1.27. The molecule has 1 saturated heterocycles. The molecule has 0 bridgehead atoms. The highest BCUT2D eigenvalue weighted by Crippen LogP contribution is 2.17. The Morgan fingerprint density at radius 1 is 1.24 bits per heavy atom. The Labute approximate surface area is 171 Å². The van der Waals surface area contributed by atoms with Crippen molar-refractivity contribution in [1.82, 2.24) is 20.4 Å². The van der Waals surface area contributed by atoms with Gasteiger partial charge >= 0.3 is 0 Å². The van der Waals surface area contributed by atoms with Gasteiger partial charge in [0.15, 0.2) is 0 Å². The predicted octanol–water partition coefficient (Wildman–Crippen LogP) is 3.97. The molecule has 1 aliphatic heterocycles. The monoisotopic (exact) mass is 402 g/mol. The van der Waals surface area contributed by atoms with Gasteiger partial charge in [0.05, 0.1) is 0 Å². The Kier molecular flexibility index (Phi) is 8.16. The van der Waals surface area contributed by atoms with Crippen LogP contribution in [0.3, 0.4) is 0 Å². The number of hydrogen-bond donors (Lipinski definition) is 1. The van der Waals surface area contributed by atoms with Gasteiger partial charge in [-0.3, -0.25) is 4.79 Å². The number of aryl methyl sites for hydroxylation is 1. The second kappa shape index (κ2) is 11.0. The molecule has 1 atom stereocenters. The molecule has 29 heavy (non-hydrogen) atoms. The average Bonchev–Trinajstić information content (AvgIpc) is 3.18. The van der Waals surface area contributed by atoms with Crippen LogP contribution in [-0.2, 0) is 11.2 Å². The zero-order valence-electron chi connectivity index (χ0n) is 17.2. The number of nitrogens with zero attached hydrogens (tertiary/aromatic N) is 3. The zero-order chi connectivity index (χ0) is 20.5. The molecule has 1 unspecified atom stereocenters. The first-order valence-electron chi connectivity index (χ1n) is 10.7. The number of carbonyl (C=O) groups excluding carboxylic acids is 1. The maximum Gasteiger partial charge on any atom is 0.226 e. The van der Waals surface area contributed by atoms with Gasteiger partial charge in [-0.25, -0.2) is 4.39 Å². The van der Waals surface area contributed by atoms with Crippen molar-refractivity contribution in [2.24, 2.45) is 0 Å². The van der Waals surface area contributed by atoms with E-state index in [2.05, 4.69) is 27.3 Å². The van der Waals surface area contributed by atoms with E-state index < -0.39 is 0 Å². The second-order valence-corrected chi connectivity index (χ2v) is 7.81. The normalized spacial score (nSPS) is 17.4. The molecule has 3 rings (SSSR count). The molecule has 0 aliphatic carbocycles. The van der Waals surface area contributed by atoms with Crippen LogP contribution in [0, 0.1) is 5.82 Å². The lowest BCUT2D eigenvalue weighted by Crippen LogP contribution is -2.38. The third-order valence-corrected chi connectivity index (χ3v) is 5.50. The maximum absolute atomic E-state index is 13.0. The molecule has 1 N–H and O–H groups in total. The van der Waals surface area contributed by atoms with E-state index in [9.17, 15) is 9.18 Å². The molecule has 1 fully saturated rings. The van der Waals surface area contributed by atoms with E-state index in [-0.39, 0.29) is 11.7 Å². The maximum atomic E-state index is 13.0. The summed E-state index contributed by atoms with van der Waals surface area (Å²) in [6.07, 6.45) is 7.76. The van der Waals surface area contributed by atoms with E-state index in [1.807, 2.05) is 0 Å². The van der Waals surface area contributed by atoms with Gasteiger partial charge in [0, 0.05) is 31.0 Å². The van der Waals surface area contributed by atoms with Gasteiger partial charge in [-0.05, 0) is 76.4 Å². The third kappa shape index (κ3) is 6.92. The zero-order valence-corrected chi connectivity index (χ0v) is 17.2. The van der Waals surface area contributed by atoms with Gasteiger partial charge in [-0.1, -0.05) is 11.6 Å². The number of piperidine rings is 1. The molecule has 7 heteroatoms. The van der Waals surface area contributed by atoms with Crippen molar-refractivity contribution < 1.29 is 13.7 Å². The molecule has 2 heterocycles. The fourth-order valence-electron chi connectivity index (χ4n) is 3.72. The standard InChI is InChI=1S/C22H31FN4O2/c1-17-7-2-4-15-27(17)16-5-3-14-24-20(28)8-6-9-21-25-22(26-29-21)18-10-12-19(23)13-11-18/h10-13,17H,2-9,14-16H2,1H3,(H,24,28). The topological polar surface area (TPSA) is 71.3 Å². The van der Waals surface area contributed by atoms with Crippen LogP contribution in [0.5, 0.6) is 0 Å². The van der Waals surface area contributed by atoms with Crippen molar-refractivity contribution >= 4 is 5.91 Å². The summed E-state index contributed by atoms with van der Waals surface area (Å²) in [4.78, 5) is 18.9. The van der Waals surface area contributed by atoms with Crippen molar-refractivity contribution in [3.8, 4) is 11.4 Å². The summed E-state index contributed by atoms with van der Waals surface area (Å²) in [6, 6.07) is 6.66. The number of carbonyl (C=O) groups is 1. The second-order valence-electron chi connectivity index (χ2n) is 7.81. The van der Waals surface area contributed by atoms with Crippen LogP contribution in [0.4, 0.5) is 4.39 Å². The number of unbranched alkanes of at least 4 members (excludes halogenated alkanes) is 1. The molecule has 0 spiro atoms. The fourth-order valence-corrected chi connectivity index (χ4v) is 3.72. The summed E-state index contributed by atoms with van der Waals surface area (Å²) < 4.78 is 18.2. The van der Waals surface area contributed by atoms with E-state index in [0.717, 1.165) is 25.9 Å². The number of amides is 1. The number of rotatable bonds is 10. The first-order chi connectivity index (χ1) is 14.1. The molecule has 1 aliphatic rings. The highest BCUT2D eigenvalue weighted by molar-refractivity contribution is 5.75. The van der Waals surface area contributed by atoms with Crippen LogP contribution in [0.2, 0.25) is 0 Å². The Hall–Kier alpha value is -2.28. The van der Waals surface area contributed by atoms with Crippen molar-refractivity contribution in [1.29, 1.82) is 0 Å². The Bertz CT molecular complexity index is 762. The predicted molar refractivity (Wildman–Crippen MR) is 110 cm³/mol. The quantitative estimate of drug-likeness (QED) is 0.609. The molecule has 1 aromatic heterocycles. The van der Waals surface area contributed by atoms with Crippen LogP contribution < -0.4 is 5.32 Å². The van der Waals surface area contributed by atoms with Crippen molar-refractivity contribution in [3.63, 3.8) is 0 Å². The molecule has 0 saturated carbocycles. The van der Waals surface area contributed by atoms with Crippen LogP contribution in [-0.4, -0.2) is 46.6 Å². The van der Waals surface area contributed by atoms with E-state index in [1.54, 1.807) is 12.1 Å². The molecule has 6 nitrogen and oxygen atoms in total. The summed E-state index contributed by atoms with van der Waals surface area (Å²) in [5.41, 5.74) is 0.707. The number of likely N-dealkylation sites (tertiary alicyclic amines) is 1. The van der Waals surface area contributed by atoms with Crippen molar-refractivity contribution in [3.05, 3.63) is 36.0 Å². The molecule has 1 amide bonds. The minimum atomic E-state index is -0.301. The summed E-state index contributed by atoms with van der Waals surface area (Å²) in [5, 5.41) is 6.91. The first-order valence-corrected chi connectivity index (χ1v) is 10.7. The van der Waals surface area contributed by atoms with Crippen LogP contribution in [0.25, 0.3) is 11.4 Å². The fraction of sp³-hybridized carbons (Fsp3) is 0.591. The van der Waals surface area contributed by atoms with Crippen LogP contribution >= 0.6 is 0 Å².